The molecule has 0 saturated heterocycles. The van der Waals surface area contributed by atoms with Gasteiger partial charge in [0.1, 0.15) is 17.7 Å². The van der Waals surface area contributed by atoms with Crippen LogP contribution in [-0.4, -0.2) is 35.3 Å². The van der Waals surface area contributed by atoms with Crippen LogP contribution in [-0.2, 0) is 12.7 Å². The van der Waals surface area contributed by atoms with E-state index in [9.17, 15) is 22.4 Å². The highest BCUT2D eigenvalue weighted by Crippen LogP contribution is 2.33. The summed E-state index contributed by atoms with van der Waals surface area (Å²) in [5, 5.41) is 10.6. The van der Waals surface area contributed by atoms with Crippen molar-refractivity contribution in [3.05, 3.63) is 94.3 Å². The molecule has 0 unspecified atom stereocenters. The first-order chi connectivity index (χ1) is 18.5. The van der Waals surface area contributed by atoms with Gasteiger partial charge in [-0.2, -0.15) is 18.3 Å². The molecule has 8 nitrogen and oxygen atoms in total. The van der Waals surface area contributed by atoms with Gasteiger partial charge in [0.05, 0.1) is 18.4 Å². The summed E-state index contributed by atoms with van der Waals surface area (Å²) in [5.41, 5.74) is 0.545. The highest BCUT2D eigenvalue weighted by molar-refractivity contribution is 6.31. The minimum absolute atomic E-state index is 0.0401. The molecule has 39 heavy (non-hydrogen) atoms. The lowest BCUT2D eigenvalue weighted by Crippen LogP contribution is -2.16. The van der Waals surface area contributed by atoms with E-state index in [2.05, 4.69) is 25.5 Å². The Morgan fingerprint density at radius 1 is 1.10 bits per heavy atom. The molecule has 0 radical (unpaired) electrons. The van der Waals surface area contributed by atoms with Crippen molar-refractivity contribution < 1.29 is 22.4 Å². The lowest BCUT2D eigenvalue weighted by molar-refractivity contribution is -0.142. The minimum Gasteiger partial charge on any atom is -0.289 e. The fourth-order valence-electron chi connectivity index (χ4n) is 3.93. The van der Waals surface area contributed by atoms with Crippen molar-refractivity contribution >= 4 is 29.1 Å². The van der Waals surface area contributed by atoms with E-state index in [-0.39, 0.29) is 40.3 Å². The Kier molecular flexibility index (Phi) is 6.81. The second kappa shape index (κ2) is 10.1. The highest BCUT2D eigenvalue weighted by Gasteiger charge is 2.36. The van der Waals surface area contributed by atoms with Crippen molar-refractivity contribution in [1.82, 2.24) is 29.4 Å². The summed E-state index contributed by atoms with van der Waals surface area (Å²) in [4.78, 5) is 21.4. The Labute approximate surface area is 224 Å². The van der Waals surface area contributed by atoms with E-state index in [4.69, 9.17) is 11.6 Å². The van der Waals surface area contributed by atoms with Gasteiger partial charge in [0.25, 0.3) is 5.91 Å². The van der Waals surface area contributed by atoms with Crippen molar-refractivity contribution in [2.24, 2.45) is 0 Å². The molecule has 13 heteroatoms. The van der Waals surface area contributed by atoms with Crippen LogP contribution in [0.3, 0.4) is 0 Å². The fraction of sp³-hybridized carbons (Fsp3) is 0.192. The van der Waals surface area contributed by atoms with Gasteiger partial charge < -0.3 is 0 Å². The first-order valence-electron chi connectivity index (χ1n) is 11.7. The predicted octanol–water partition coefficient (Wildman–Crippen LogP) is 6.22. The van der Waals surface area contributed by atoms with Crippen LogP contribution >= 0.6 is 11.6 Å². The molecule has 0 aliphatic carbocycles. The van der Waals surface area contributed by atoms with E-state index in [1.54, 1.807) is 12.1 Å². The number of halogens is 5. The molecule has 0 atom stereocenters. The highest BCUT2D eigenvalue weighted by atomic mass is 35.5. The van der Waals surface area contributed by atoms with Gasteiger partial charge in [-0.05, 0) is 35.2 Å². The summed E-state index contributed by atoms with van der Waals surface area (Å²) in [6.07, 6.45) is -2.42. The average Bonchev–Trinajstić information content (AvgIpc) is 3.51. The minimum atomic E-state index is -4.75. The SMILES string of the molecule is CC(C)c1ccc(-c2cc(C(F)(F)F)n3ncc(C(=O)Nc4ncn(Cc5ccc(F)cc5Cl)n4)c3n2)cc1. The third-order valence-corrected chi connectivity index (χ3v) is 6.34. The van der Waals surface area contributed by atoms with Crippen LogP contribution in [0.4, 0.5) is 23.5 Å². The lowest BCUT2D eigenvalue weighted by Gasteiger charge is -2.12. The maximum absolute atomic E-state index is 13.9. The van der Waals surface area contributed by atoms with Crippen molar-refractivity contribution in [3.8, 4) is 11.3 Å². The molecule has 200 valence electrons. The van der Waals surface area contributed by atoms with Crippen molar-refractivity contribution in [2.45, 2.75) is 32.5 Å². The average molecular weight is 558 g/mol. The Balaban J connectivity index is 1.45. The number of hydrogen-bond acceptors (Lipinski definition) is 5. The van der Waals surface area contributed by atoms with Gasteiger partial charge >= 0.3 is 6.18 Å². The quantitative estimate of drug-likeness (QED) is 0.250. The number of fused-ring (bicyclic) bond motifs is 1. The van der Waals surface area contributed by atoms with Gasteiger partial charge in [-0.1, -0.05) is 55.8 Å². The zero-order valence-corrected chi connectivity index (χ0v) is 21.3. The maximum atomic E-state index is 13.9. The summed E-state index contributed by atoms with van der Waals surface area (Å²) in [6, 6.07) is 11.8. The molecule has 0 aliphatic heterocycles. The van der Waals surface area contributed by atoms with Crippen molar-refractivity contribution in [2.75, 3.05) is 5.32 Å². The van der Waals surface area contributed by atoms with Gasteiger partial charge in [0.15, 0.2) is 11.3 Å². The standard InChI is InChI=1S/C26H20ClF4N7O/c1-14(2)15-3-5-16(6-4-15)21-10-22(26(29,30)31)38-23(34-21)19(11-33-38)24(39)35-25-32-13-37(36-25)12-17-7-8-18(28)9-20(17)27/h3-11,13-14H,12H2,1-2H3,(H,35,36,39). The summed E-state index contributed by atoms with van der Waals surface area (Å²) in [7, 11) is 0. The zero-order valence-electron chi connectivity index (χ0n) is 20.5. The normalized spacial score (nSPS) is 11.9. The Hall–Kier alpha value is -4.32. The monoisotopic (exact) mass is 557 g/mol. The number of aromatic nitrogens is 6. The van der Waals surface area contributed by atoms with Gasteiger partial charge in [-0.3, -0.25) is 10.1 Å². The van der Waals surface area contributed by atoms with E-state index in [0.29, 0.717) is 15.6 Å². The van der Waals surface area contributed by atoms with Crippen LogP contribution in [0.15, 0.2) is 61.1 Å². The second-order valence-corrected chi connectivity index (χ2v) is 9.46. The van der Waals surface area contributed by atoms with Crippen molar-refractivity contribution in [1.29, 1.82) is 0 Å². The van der Waals surface area contributed by atoms with Crippen LogP contribution < -0.4 is 5.32 Å². The Bertz CT molecular complexity index is 1680. The van der Waals surface area contributed by atoms with E-state index >= 15 is 0 Å². The van der Waals surface area contributed by atoms with Crippen LogP contribution in [0, 0.1) is 5.82 Å². The third kappa shape index (κ3) is 5.46. The fourth-order valence-corrected chi connectivity index (χ4v) is 4.16. The van der Waals surface area contributed by atoms with Crippen LogP contribution in [0.2, 0.25) is 5.02 Å². The largest absolute Gasteiger partial charge is 0.433 e. The van der Waals surface area contributed by atoms with E-state index in [1.165, 1.54) is 23.1 Å². The molecule has 0 fully saturated rings. The number of carbonyl (C=O) groups is 1. The Morgan fingerprint density at radius 3 is 2.51 bits per heavy atom. The first kappa shape index (κ1) is 26.3. The van der Waals surface area contributed by atoms with Crippen molar-refractivity contribution in [3.63, 3.8) is 0 Å². The number of anilines is 1. The molecule has 2 aromatic carbocycles. The van der Waals surface area contributed by atoms with Gasteiger partial charge in [-0.25, -0.2) is 23.6 Å². The third-order valence-electron chi connectivity index (χ3n) is 5.99. The van der Waals surface area contributed by atoms with E-state index in [0.717, 1.165) is 23.9 Å². The number of rotatable bonds is 6. The summed E-state index contributed by atoms with van der Waals surface area (Å²) in [6.45, 7) is 4.16. The number of hydrogen-bond donors (Lipinski definition) is 1. The summed E-state index contributed by atoms with van der Waals surface area (Å²) in [5.74, 6) is -1.14. The first-order valence-corrected chi connectivity index (χ1v) is 12.1. The zero-order chi connectivity index (χ0) is 27.9. The smallest absolute Gasteiger partial charge is 0.289 e. The van der Waals surface area contributed by atoms with Crippen LogP contribution in [0.25, 0.3) is 16.9 Å². The molecule has 0 aliphatic rings. The second-order valence-electron chi connectivity index (χ2n) is 9.05. The van der Waals surface area contributed by atoms with Gasteiger partial charge in [0.2, 0.25) is 5.95 Å². The number of nitrogens with zero attached hydrogens (tertiary/aromatic N) is 6. The summed E-state index contributed by atoms with van der Waals surface area (Å²) < 4.78 is 57.0. The molecule has 0 saturated carbocycles. The molecule has 0 bridgehead atoms. The number of nitrogens with one attached hydrogen (secondary N) is 1. The Morgan fingerprint density at radius 2 is 1.85 bits per heavy atom. The molecule has 3 heterocycles. The molecule has 1 amide bonds. The maximum Gasteiger partial charge on any atom is 0.433 e. The molecule has 3 aromatic heterocycles. The topological polar surface area (TPSA) is 90.0 Å². The summed E-state index contributed by atoms with van der Waals surface area (Å²) >= 11 is 6.05. The molecular formula is C26H20ClF4N7O. The molecule has 5 rings (SSSR count). The van der Waals surface area contributed by atoms with Crippen LogP contribution in [0.1, 0.15) is 46.9 Å². The number of amides is 1. The predicted molar refractivity (Wildman–Crippen MR) is 136 cm³/mol. The molecule has 5 aromatic rings. The van der Waals surface area contributed by atoms with E-state index in [1.807, 2.05) is 26.0 Å². The van der Waals surface area contributed by atoms with E-state index < -0.39 is 23.6 Å². The van der Waals surface area contributed by atoms with Gasteiger partial charge in [0, 0.05) is 10.6 Å². The number of benzene rings is 2. The lowest BCUT2D eigenvalue weighted by atomic mass is 10.0. The number of carbonyl (C=O) groups excluding carboxylic acids is 1. The van der Waals surface area contributed by atoms with Crippen LogP contribution in [0.5, 0.6) is 0 Å². The molecule has 1 N–H and O–H groups in total. The van der Waals surface area contributed by atoms with Gasteiger partial charge in [-0.15, -0.1) is 5.10 Å². The molecular weight excluding hydrogens is 538 g/mol. The number of alkyl halides is 3. The molecule has 0 spiro atoms.